The van der Waals surface area contributed by atoms with Gasteiger partial charge in [-0.1, -0.05) is 37.9 Å². The summed E-state index contributed by atoms with van der Waals surface area (Å²) in [6.07, 6.45) is 7.38. The van der Waals surface area contributed by atoms with E-state index in [9.17, 15) is 5.11 Å². The van der Waals surface area contributed by atoms with Crippen LogP contribution in [0.25, 0.3) is 0 Å². The van der Waals surface area contributed by atoms with Crippen molar-refractivity contribution in [2.24, 2.45) is 0 Å². The first-order valence-corrected chi connectivity index (χ1v) is 6.55. The summed E-state index contributed by atoms with van der Waals surface area (Å²) in [7, 11) is 0. The van der Waals surface area contributed by atoms with Crippen LogP contribution in [0.15, 0.2) is 17.4 Å². The van der Waals surface area contributed by atoms with Crippen LogP contribution in [0.2, 0.25) is 0 Å². The van der Waals surface area contributed by atoms with Gasteiger partial charge in [0.1, 0.15) is 0 Å². The fourth-order valence-corrected chi connectivity index (χ4v) is 1.74. The van der Waals surface area contributed by atoms with Crippen LogP contribution >= 0.6 is 11.8 Å². The Morgan fingerprint density at radius 1 is 1.47 bits per heavy atom. The fourth-order valence-electron chi connectivity index (χ4n) is 1.37. The second kappa shape index (κ2) is 6.80. The van der Waals surface area contributed by atoms with Crippen LogP contribution < -0.4 is 0 Å². The van der Waals surface area contributed by atoms with Crippen molar-refractivity contribution in [2.75, 3.05) is 6.26 Å². The van der Waals surface area contributed by atoms with E-state index >= 15 is 0 Å². The molecule has 0 amide bonds. The number of unbranched alkanes of at least 4 members (excludes halogenated alkanes) is 2. The van der Waals surface area contributed by atoms with Crippen LogP contribution in [0, 0.1) is 0 Å². The molecule has 0 saturated carbocycles. The summed E-state index contributed by atoms with van der Waals surface area (Å²) in [5, 5.41) is 10.6. The molecular weight excluding hydrogens is 208 g/mol. The highest BCUT2D eigenvalue weighted by molar-refractivity contribution is 7.98. The Bertz CT molecular complexity index is 294. The average Bonchev–Trinajstić information content (AvgIpc) is 2.29. The van der Waals surface area contributed by atoms with Gasteiger partial charge in [0.05, 0.1) is 11.8 Å². The fraction of sp³-hybridized carbons (Fsp3) is 0.636. The molecule has 1 rings (SSSR count). The van der Waals surface area contributed by atoms with Crippen molar-refractivity contribution in [1.82, 2.24) is 9.97 Å². The molecule has 0 bridgehead atoms. The van der Waals surface area contributed by atoms with E-state index in [1.165, 1.54) is 18.2 Å². The van der Waals surface area contributed by atoms with E-state index in [1.54, 1.807) is 12.3 Å². The van der Waals surface area contributed by atoms with E-state index in [4.69, 9.17) is 0 Å². The largest absolute Gasteiger partial charge is 0.387 e. The van der Waals surface area contributed by atoms with Crippen molar-refractivity contribution < 1.29 is 5.11 Å². The number of hydrogen-bond donors (Lipinski definition) is 1. The molecule has 84 valence electrons. The highest BCUT2D eigenvalue weighted by atomic mass is 32.2. The Kier molecular flexibility index (Phi) is 5.65. The van der Waals surface area contributed by atoms with Gasteiger partial charge in [-0.25, -0.2) is 9.97 Å². The second-order valence-electron chi connectivity index (χ2n) is 3.48. The highest BCUT2D eigenvalue weighted by Gasteiger charge is 2.09. The van der Waals surface area contributed by atoms with Crippen molar-refractivity contribution in [1.29, 1.82) is 0 Å². The number of aliphatic hydroxyl groups excluding tert-OH is 1. The zero-order valence-corrected chi connectivity index (χ0v) is 10.1. The lowest BCUT2D eigenvalue weighted by Crippen LogP contribution is -2.02. The van der Waals surface area contributed by atoms with Crippen LogP contribution in [0.3, 0.4) is 0 Å². The first-order chi connectivity index (χ1) is 7.27. The van der Waals surface area contributed by atoms with Crippen molar-refractivity contribution >= 4 is 11.8 Å². The molecule has 1 atom stereocenters. The van der Waals surface area contributed by atoms with E-state index in [2.05, 4.69) is 16.9 Å². The Labute approximate surface area is 95.3 Å². The van der Waals surface area contributed by atoms with Crippen LogP contribution in [-0.4, -0.2) is 21.3 Å². The van der Waals surface area contributed by atoms with Gasteiger partial charge in [0.25, 0.3) is 0 Å². The van der Waals surface area contributed by atoms with E-state index in [-0.39, 0.29) is 0 Å². The quantitative estimate of drug-likeness (QED) is 0.460. The first-order valence-electron chi connectivity index (χ1n) is 5.33. The number of rotatable bonds is 6. The van der Waals surface area contributed by atoms with Gasteiger partial charge in [-0.3, -0.25) is 0 Å². The van der Waals surface area contributed by atoms with Crippen LogP contribution in [0.1, 0.15) is 44.4 Å². The predicted molar refractivity (Wildman–Crippen MR) is 62.9 cm³/mol. The van der Waals surface area contributed by atoms with Crippen molar-refractivity contribution in [3.8, 4) is 0 Å². The number of aromatic nitrogens is 2. The second-order valence-corrected chi connectivity index (χ2v) is 4.25. The molecule has 0 aliphatic carbocycles. The Balaban J connectivity index is 2.52. The molecule has 0 fully saturated rings. The van der Waals surface area contributed by atoms with Gasteiger partial charge in [0, 0.05) is 6.20 Å². The molecule has 0 aromatic carbocycles. The van der Waals surface area contributed by atoms with E-state index < -0.39 is 6.10 Å². The third-order valence-electron chi connectivity index (χ3n) is 2.26. The standard InChI is InChI=1S/C11H18N2OS/c1-3-4-5-6-10(14)9-7-8-12-11(13-9)15-2/h7-8,10,14H,3-6H2,1-2H3. The zero-order chi connectivity index (χ0) is 11.1. The summed E-state index contributed by atoms with van der Waals surface area (Å²) in [4.78, 5) is 8.35. The Hall–Kier alpha value is -0.610. The zero-order valence-electron chi connectivity index (χ0n) is 9.31. The summed E-state index contributed by atoms with van der Waals surface area (Å²) in [5.41, 5.74) is 0.741. The highest BCUT2D eigenvalue weighted by Crippen LogP contribution is 2.19. The summed E-state index contributed by atoms with van der Waals surface area (Å²) in [5.74, 6) is 0. The molecule has 15 heavy (non-hydrogen) atoms. The summed E-state index contributed by atoms with van der Waals surface area (Å²) < 4.78 is 0. The molecule has 1 aromatic heterocycles. The summed E-state index contributed by atoms with van der Waals surface area (Å²) >= 11 is 1.50. The third-order valence-corrected chi connectivity index (χ3v) is 2.82. The van der Waals surface area contributed by atoms with Gasteiger partial charge in [0.15, 0.2) is 5.16 Å². The maximum atomic E-state index is 9.87. The maximum Gasteiger partial charge on any atom is 0.187 e. The topological polar surface area (TPSA) is 46.0 Å². The number of hydrogen-bond acceptors (Lipinski definition) is 4. The molecular formula is C11H18N2OS. The molecule has 0 aliphatic rings. The lowest BCUT2D eigenvalue weighted by Gasteiger charge is -2.09. The summed E-state index contributed by atoms with van der Waals surface area (Å²) in [6, 6.07) is 1.79. The molecule has 4 heteroatoms. The van der Waals surface area contributed by atoms with E-state index in [1.807, 2.05) is 6.26 Å². The van der Waals surface area contributed by atoms with Crippen molar-refractivity contribution in [3.05, 3.63) is 18.0 Å². The van der Waals surface area contributed by atoms with Gasteiger partial charge < -0.3 is 5.11 Å². The monoisotopic (exact) mass is 226 g/mol. The van der Waals surface area contributed by atoms with Gasteiger partial charge >= 0.3 is 0 Å². The minimum absolute atomic E-state index is 0.439. The van der Waals surface area contributed by atoms with Crippen molar-refractivity contribution in [3.63, 3.8) is 0 Å². The van der Waals surface area contributed by atoms with Gasteiger partial charge in [-0.2, -0.15) is 0 Å². The van der Waals surface area contributed by atoms with Crippen molar-refractivity contribution in [2.45, 2.75) is 43.9 Å². The summed E-state index contributed by atoms with van der Waals surface area (Å²) in [6.45, 7) is 2.16. The van der Waals surface area contributed by atoms with Crippen LogP contribution in [-0.2, 0) is 0 Å². The average molecular weight is 226 g/mol. The SMILES string of the molecule is CCCCCC(O)c1ccnc(SC)n1. The number of aliphatic hydroxyl groups is 1. The van der Waals surface area contributed by atoms with Gasteiger partial charge in [-0.05, 0) is 18.7 Å². The minimum Gasteiger partial charge on any atom is -0.387 e. The third kappa shape index (κ3) is 4.18. The van der Waals surface area contributed by atoms with Gasteiger partial charge in [-0.15, -0.1) is 0 Å². The normalized spacial score (nSPS) is 12.7. The molecule has 0 radical (unpaired) electrons. The maximum absolute atomic E-state index is 9.87. The molecule has 1 heterocycles. The number of nitrogens with zero attached hydrogens (tertiary/aromatic N) is 2. The van der Waals surface area contributed by atoms with Crippen LogP contribution in [0.4, 0.5) is 0 Å². The lowest BCUT2D eigenvalue weighted by molar-refractivity contribution is 0.158. The molecule has 1 aromatic rings. The molecule has 1 unspecified atom stereocenters. The molecule has 0 saturated heterocycles. The van der Waals surface area contributed by atoms with E-state index in [0.717, 1.165) is 30.1 Å². The predicted octanol–water partition coefficient (Wildman–Crippen LogP) is 2.81. The molecule has 0 spiro atoms. The molecule has 1 N–H and O–H groups in total. The molecule has 3 nitrogen and oxygen atoms in total. The minimum atomic E-state index is -0.439. The lowest BCUT2D eigenvalue weighted by atomic mass is 10.1. The Morgan fingerprint density at radius 3 is 2.93 bits per heavy atom. The van der Waals surface area contributed by atoms with Gasteiger partial charge in [0.2, 0.25) is 0 Å². The Morgan fingerprint density at radius 2 is 2.27 bits per heavy atom. The number of thioether (sulfide) groups is 1. The first kappa shape index (κ1) is 12.5. The smallest absolute Gasteiger partial charge is 0.187 e. The molecule has 0 aliphatic heterocycles. The van der Waals surface area contributed by atoms with E-state index in [0.29, 0.717) is 0 Å². The van der Waals surface area contributed by atoms with Crippen LogP contribution in [0.5, 0.6) is 0 Å².